The Hall–Kier alpha value is -3.70. The van der Waals surface area contributed by atoms with Crippen molar-refractivity contribution >= 4 is 22.8 Å². The molecule has 154 valence electrons. The molecule has 0 saturated heterocycles. The monoisotopic (exact) mass is 411 g/mol. The van der Waals surface area contributed by atoms with E-state index in [1.54, 1.807) is 36.8 Å². The number of carbonyl (C=O) groups is 2. The number of halogens is 3. The molecule has 12 heteroatoms. The molecule has 29 heavy (non-hydrogen) atoms. The first kappa shape index (κ1) is 21.6. The first-order chi connectivity index (χ1) is 13.7. The van der Waals surface area contributed by atoms with Crippen molar-refractivity contribution < 1.29 is 27.9 Å². The maximum Gasteiger partial charge on any atom is 0.490 e. The summed E-state index contributed by atoms with van der Waals surface area (Å²) in [5, 5.41) is 10.3. The van der Waals surface area contributed by atoms with Crippen LogP contribution in [0.5, 0.6) is 0 Å². The number of H-pyrrole nitrogens is 1. The van der Waals surface area contributed by atoms with Crippen LogP contribution < -0.4 is 10.9 Å². The number of carbonyl (C=O) groups excluding carboxylic acids is 1. The predicted octanol–water partition coefficient (Wildman–Crippen LogP) is 1.57. The summed E-state index contributed by atoms with van der Waals surface area (Å²) in [6.07, 6.45) is 0.983. The number of fused-ring (bicyclic) bond motifs is 1. The number of aliphatic carboxylic acids is 1. The van der Waals surface area contributed by atoms with Gasteiger partial charge in [-0.1, -0.05) is 12.1 Å². The van der Waals surface area contributed by atoms with Gasteiger partial charge in [0.15, 0.2) is 5.82 Å². The lowest BCUT2D eigenvalue weighted by atomic mass is 10.2. The number of alkyl halides is 3. The molecule has 0 aliphatic carbocycles. The van der Waals surface area contributed by atoms with Gasteiger partial charge in [-0.05, 0) is 18.6 Å². The molecule has 1 aromatic carbocycles. The standard InChI is InChI=1S/C15H15N5O2.C2HF3O2/c21-14-11-4-1-2-5-12(11)18-13(19-14)15(22)17-6-3-8-20-9-7-16-10-20;3-2(4,5)1(6)7/h1-2,4-5,7,9-10H,3,6,8H2,(H,17,22)(H,18,19,21);(H,6,7). The summed E-state index contributed by atoms with van der Waals surface area (Å²) in [5.41, 5.74) is 0.198. The van der Waals surface area contributed by atoms with Gasteiger partial charge in [-0.25, -0.2) is 14.8 Å². The van der Waals surface area contributed by atoms with Crippen LogP contribution in [0.3, 0.4) is 0 Å². The quantitative estimate of drug-likeness (QED) is 0.547. The van der Waals surface area contributed by atoms with E-state index < -0.39 is 12.1 Å². The molecule has 0 aliphatic heterocycles. The summed E-state index contributed by atoms with van der Waals surface area (Å²) < 4.78 is 33.7. The SMILES string of the molecule is O=C(NCCCn1ccnc1)c1nc2ccccc2c(=O)[nH]1.O=C(O)C(F)(F)F. The summed E-state index contributed by atoms with van der Waals surface area (Å²) in [6, 6.07) is 6.92. The lowest BCUT2D eigenvalue weighted by molar-refractivity contribution is -0.192. The highest BCUT2D eigenvalue weighted by Gasteiger charge is 2.38. The van der Waals surface area contributed by atoms with Gasteiger partial charge in [-0.3, -0.25) is 9.59 Å². The van der Waals surface area contributed by atoms with E-state index in [0.29, 0.717) is 17.4 Å². The van der Waals surface area contributed by atoms with Crippen molar-refractivity contribution in [1.29, 1.82) is 0 Å². The molecule has 3 N–H and O–H groups in total. The van der Waals surface area contributed by atoms with Crippen LogP contribution in [0.4, 0.5) is 13.2 Å². The molecule has 0 saturated carbocycles. The zero-order chi connectivity index (χ0) is 21.4. The van der Waals surface area contributed by atoms with Crippen LogP contribution >= 0.6 is 0 Å². The van der Waals surface area contributed by atoms with Crippen LogP contribution in [0.2, 0.25) is 0 Å². The number of carboxylic acid groups (broad SMARTS) is 1. The Bertz CT molecular complexity index is 1030. The Kier molecular flexibility index (Phi) is 7.06. The molecule has 0 bridgehead atoms. The number of aromatic amines is 1. The number of rotatable bonds is 5. The van der Waals surface area contributed by atoms with Gasteiger partial charge in [0.2, 0.25) is 0 Å². The number of hydrogen-bond acceptors (Lipinski definition) is 5. The number of imidazole rings is 1. The lowest BCUT2D eigenvalue weighted by Crippen LogP contribution is -2.29. The molecule has 9 nitrogen and oxygen atoms in total. The summed E-state index contributed by atoms with van der Waals surface area (Å²) in [4.78, 5) is 43.5. The number of benzene rings is 1. The third kappa shape index (κ3) is 6.45. The van der Waals surface area contributed by atoms with E-state index in [9.17, 15) is 22.8 Å². The van der Waals surface area contributed by atoms with E-state index in [1.165, 1.54) is 0 Å². The maximum atomic E-state index is 12.0. The average Bonchev–Trinajstić information content (AvgIpc) is 3.18. The van der Waals surface area contributed by atoms with Gasteiger partial charge in [-0.15, -0.1) is 0 Å². The number of nitrogens with zero attached hydrogens (tertiary/aromatic N) is 3. The van der Waals surface area contributed by atoms with Crippen LogP contribution in [0.25, 0.3) is 10.9 Å². The van der Waals surface area contributed by atoms with E-state index in [4.69, 9.17) is 9.90 Å². The Morgan fingerprint density at radius 2 is 1.93 bits per heavy atom. The van der Waals surface area contributed by atoms with Crippen molar-refractivity contribution in [2.75, 3.05) is 6.54 Å². The summed E-state index contributed by atoms with van der Waals surface area (Å²) in [6.45, 7) is 1.26. The second-order valence-electron chi connectivity index (χ2n) is 5.64. The number of amides is 1. The summed E-state index contributed by atoms with van der Waals surface area (Å²) in [7, 11) is 0. The van der Waals surface area contributed by atoms with Crippen molar-refractivity contribution in [3.63, 3.8) is 0 Å². The zero-order valence-corrected chi connectivity index (χ0v) is 14.8. The van der Waals surface area contributed by atoms with Gasteiger partial charge in [0.1, 0.15) is 0 Å². The normalized spacial score (nSPS) is 10.9. The number of hydrogen-bond donors (Lipinski definition) is 3. The second kappa shape index (κ2) is 9.48. The first-order valence-electron chi connectivity index (χ1n) is 8.21. The third-order valence-electron chi connectivity index (χ3n) is 3.51. The fourth-order valence-corrected chi connectivity index (χ4v) is 2.16. The van der Waals surface area contributed by atoms with Crippen LogP contribution in [0.15, 0.2) is 47.8 Å². The van der Waals surface area contributed by atoms with Gasteiger partial charge >= 0.3 is 12.1 Å². The molecule has 0 unspecified atom stereocenters. The van der Waals surface area contributed by atoms with Crippen molar-refractivity contribution in [1.82, 2.24) is 24.8 Å². The van der Waals surface area contributed by atoms with E-state index in [1.807, 2.05) is 10.8 Å². The minimum Gasteiger partial charge on any atom is -0.475 e. The Labute approximate surface area is 161 Å². The molecule has 3 rings (SSSR count). The van der Waals surface area contributed by atoms with E-state index in [-0.39, 0.29) is 17.3 Å². The fourth-order valence-electron chi connectivity index (χ4n) is 2.16. The number of aryl methyl sites for hydroxylation is 1. The predicted molar refractivity (Wildman–Crippen MR) is 95.2 cm³/mol. The Morgan fingerprint density at radius 3 is 2.55 bits per heavy atom. The summed E-state index contributed by atoms with van der Waals surface area (Å²) >= 11 is 0. The van der Waals surface area contributed by atoms with Gasteiger partial charge in [0, 0.05) is 25.5 Å². The lowest BCUT2D eigenvalue weighted by Gasteiger charge is -2.06. The van der Waals surface area contributed by atoms with E-state index in [2.05, 4.69) is 20.3 Å². The van der Waals surface area contributed by atoms with Crippen molar-refractivity contribution in [3.8, 4) is 0 Å². The molecule has 0 spiro atoms. The smallest absolute Gasteiger partial charge is 0.475 e. The topological polar surface area (TPSA) is 130 Å². The molecule has 2 aromatic heterocycles. The Morgan fingerprint density at radius 1 is 1.24 bits per heavy atom. The summed E-state index contributed by atoms with van der Waals surface area (Å²) in [5.74, 6) is -3.10. The largest absolute Gasteiger partial charge is 0.490 e. The number of para-hydroxylation sites is 1. The highest BCUT2D eigenvalue weighted by Crippen LogP contribution is 2.13. The van der Waals surface area contributed by atoms with Crippen LogP contribution in [0.1, 0.15) is 17.0 Å². The van der Waals surface area contributed by atoms with Crippen molar-refractivity contribution in [3.05, 3.63) is 59.2 Å². The third-order valence-corrected chi connectivity index (χ3v) is 3.51. The Balaban J connectivity index is 0.000000370. The molecule has 3 aromatic rings. The van der Waals surface area contributed by atoms with Gasteiger partial charge in [0.25, 0.3) is 11.5 Å². The van der Waals surface area contributed by atoms with Gasteiger partial charge < -0.3 is 20.0 Å². The zero-order valence-electron chi connectivity index (χ0n) is 14.8. The molecule has 1 amide bonds. The second-order valence-corrected chi connectivity index (χ2v) is 5.64. The van der Waals surface area contributed by atoms with Crippen LogP contribution in [-0.2, 0) is 11.3 Å². The van der Waals surface area contributed by atoms with Crippen LogP contribution in [0, 0.1) is 0 Å². The molecular weight excluding hydrogens is 395 g/mol. The molecule has 2 heterocycles. The van der Waals surface area contributed by atoms with Crippen LogP contribution in [-0.4, -0.2) is 49.2 Å². The molecule has 0 fully saturated rings. The molecular formula is C17H16F3N5O4. The van der Waals surface area contributed by atoms with Crippen molar-refractivity contribution in [2.45, 2.75) is 19.1 Å². The van der Waals surface area contributed by atoms with E-state index >= 15 is 0 Å². The highest BCUT2D eigenvalue weighted by molar-refractivity contribution is 5.92. The molecule has 0 atom stereocenters. The number of carboxylic acids is 1. The molecule has 0 aliphatic rings. The van der Waals surface area contributed by atoms with Gasteiger partial charge in [0.05, 0.1) is 17.2 Å². The van der Waals surface area contributed by atoms with E-state index in [0.717, 1.165) is 13.0 Å². The maximum absolute atomic E-state index is 12.0. The highest BCUT2D eigenvalue weighted by atomic mass is 19.4. The number of nitrogens with one attached hydrogen (secondary N) is 2. The number of aromatic nitrogens is 4. The fraction of sp³-hybridized carbons (Fsp3) is 0.235. The average molecular weight is 411 g/mol. The van der Waals surface area contributed by atoms with Crippen molar-refractivity contribution in [2.24, 2.45) is 0 Å². The van der Waals surface area contributed by atoms with Gasteiger partial charge in [-0.2, -0.15) is 13.2 Å². The minimum absolute atomic E-state index is 0.0336. The first-order valence-corrected chi connectivity index (χ1v) is 8.21. The minimum atomic E-state index is -5.08. The molecule has 0 radical (unpaired) electrons.